The monoisotopic (exact) mass is 718 g/mol. The lowest BCUT2D eigenvalue weighted by Crippen LogP contribution is -2.45. The van der Waals surface area contributed by atoms with Crippen LogP contribution in [0.5, 0.6) is 0 Å². The van der Waals surface area contributed by atoms with Crippen molar-refractivity contribution in [2.24, 2.45) is 0 Å². The molecule has 0 aliphatic heterocycles. The second-order valence-electron chi connectivity index (χ2n) is 10.0. The molecule has 0 saturated heterocycles. The van der Waals surface area contributed by atoms with Crippen molar-refractivity contribution >= 4 is 61.5 Å². The van der Waals surface area contributed by atoms with Crippen molar-refractivity contribution in [1.82, 2.24) is 20.7 Å². The zero-order valence-corrected chi connectivity index (χ0v) is 27.4. The molecule has 2 atom stereocenters. The van der Waals surface area contributed by atoms with E-state index >= 15 is 0 Å². The van der Waals surface area contributed by atoms with E-state index in [0.717, 1.165) is 0 Å². The lowest BCUT2D eigenvalue weighted by atomic mass is 10.1. The lowest BCUT2D eigenvalue weighted by Gasteiger charge is -2.16. The van der Waals surface area contributed by atoms with Gasteiger partial charge in [-0.3, -0.25) is 28.5 Å². The van der Waals surface area contributed by atoms with E-state index < -0.39 is 98.7 Å². The number of nitrogens with one attached hydrogen (secondary N) is 4. The fraction of sp³-hybridized carbons (Fsp3) is 0.720. The largest absolute Gasteiger partial charge is 0.480 e. The summed E-state index contributed by atoms with van der Waals surface area (Å²) in [5.41, 5.74) is 0. The Morgan fingerprint density at radius 3 is 1.77 bits per heavy atom. The number of amides is 4. The van der Waals surface area contributed by atoms with E-state index in [0.29, 0.717) is 0 Å². The molecule has 0 aromatic heterocycles. The van der Waals surface area contributed by atoms with E-state index in [1.54, 1.807) is 4.72 Å². The van der Waals surface area contributed by atoms with Crippen LogP contribution in [0, 0.1) is 0 Å². The molecule has 4 amide bonds. The number of rotatable bonds is 27. The summed E-state index contributed by atoms with van der Waals surface area (Å²) in [4.78, 5) is 81.2. The van der Waals surface area contributed by atoms with Crippen LogP contribution in [0.25, 0.3) is 0 Å². The Labute approximate surface area is 271 Å². The summed E-state index contributed by atoms with van der Waals surface area (Å²) in [5.74, 6) is -7.27. The Kier molecular flexibility index (Phi) is 20.9. The molecule has 0 aliphatic carbocycles. The number of carboxylic acid groups (broad SMARTS) is 2. The van der Waals surface area contributed by atoms with Crippen LogP contribution in [-0.4, -0.2) is 130 Å². The minimum atomic E-state index is -4.27. The molecule has 0 saturated carbocycles. The summed E-state index contributed by atoms with van der Waals surface area (Å²) in [6.07, 6.45) is -1.93. The first-order valence-corrected chi connectivity index (χ1v) is 17.5. The minimum absolute atomic E-state index is 0.00221. The molecule has 0 bridgehead atoms. The van der Waals surface area contributed by atoms with Gasteiger partial charge in [0.2, 0.25) is 33.7 Å². The molecule has 270 valence electrons. The maximum absolute atomic E-state index is 12.1. The number of sulfonamides is 1. The van der Waals surface area contributed by atoms with E-state index in [2.05, 4.69) is 16.0 Å². The van der Waals surface area contributed by atoms with Crippen LogP contribution < -0.4 is 20.7 Å². The van der Waals surface area contributed by atoms with Crippen LogP contribution in [0.4, 0.5) is 0 Å². The molecule has 0 fully saturated rings. The van der Waals surface area contributed by atoms with Gasteiger partial charge in [0.05, 0.1) is 31.3 Å². The number of carbonyl (C=O) groups is 7. The van der Waals surface area contributed by atoms with Crippen LogP contribution in [0.2, 0.25) is 0 Å². The van der Waals surface area contributed by atoms with Gasteiger partial charge in [-0.25, -0.2) is 18.0 Å². The highest BCUT2D eigenvalue weighted by Crippen LogP contribution is 2.03. The number of hydrogen-bond donors (Lipinski definition) is 7. The maximum atomic E-state index is 12.1. The van der Waals surface area contributed by atoms with E-state index in [-0.39, 0.29) is 70.7 Å². The molecule has 0 aromatic rings. The molecule has 0 heterocycles. The zero-order chi connectivity index (χ0) is 36.0. The van der Waals surface area contributed by atoms with Crippen molar-refractivity contribution in [2.45, 2.75) is 70.4 Å². The Morgan fingerprint density at radius 2 is 1.19 bits per heavy atom. The van der Waals surface area contributed by atoms with Crippen molar-refractivity contribution in [3.8, 4) is 0 Å². The zero-order valence-electron chi connectivity index (χ0n) is 25.7. The molecule has 20 nitrogen and oxygen atoms in total. The summed E-state index contributed by atoms with van der Waals surface area (Å²) in [5, 5.41) is 25.3. The molecule has 0 rings (SSSR count). The summed E-state index contributed by atoms with van der Waals surface area (Å²) in [6.45, 7) is 0.774. The van der Waals surface area contributed by atoms with E-state index in [4.69, 9.17) is 19.1 Å². The van der Waals surface area contributed by atoms with Gasteiger partial charge in [-0.15, -0.1) is 0 Å². The predicted octanol–water partition coefficient (Wildman–Crippen LogP) is -2.68. The molecule has 0 aromatic carbocycles. The average Bonchev–Trinajstić information content (AvgIpc) is 2.93. The summed E-state index contributed by atoms with van der Waals surface area (Å²) >= 11 is 0. The van der Waals surface area contributed by atoms with Crippen LogP contribution >= 0.6 is 0 Å². The van der Waals surface area contributed by atoms with Crippen LogP contribution in [-0.2, 0) is 63.2 Å². The fourth-order valence-corrected chi connectivity index (χ4v) is 5.07. The first-order valence-electron chi connectivity index (χ1n) is 14.3. The number of aliphatic carboxylic acids is 2. The van der Waals surface area contributed by atoms with Crippen LogP contribution in [0.1, 0.15) is 58.3 Å². The predicted molar refractivity (Wildman–Crippen MR) is 160 cm³/mol. The topological polar surface area (TPSA) is 315 Å². The highest BCUT2D eigenvalue weighted by Gasteiger charge is 2.24. The van der Waals surface area contributed by atoms with E-state index in [9.17, 15) is 55.5 Å². The third-order valence-electron chi connectivity index (χ3n) is 5.78. The Morgan fingerprint density at radius 1 is 0.660 bits per heavy atom. The van der Waals surface area contributed by atoms with Crippen molar-refractivity contribution in [3.63, 3.8) is 0 Å². The van der Waals surface area contributed by atoms with Gasteiger partial charge in [-0.1, -0.05) is 0 Å². The molecule has 0 radical (unpaired) electrons. The van der Waals surface area contributed by atoms with Crippen molar-refractivity contribution in [2.75, 3.05) is 44.5 Å². The molecular formula is C25H42N4O16S2. The summed E-state index contributed by atoms with van der Waals surface area (Å²) in [6, 6.07) is -2.78. The third kappa shape index (κ3) is 25.1. The van der Waals surface area contributed by atoms with Gasteiger partial charge in [0.15, 0.2) is 0 Å². The lowest BCUT2D eigenvalue weighted by molar-refractivity contribution is -0.144. The first kappa shape index (κ1) is 43.3. The molecular weight excluding hydrogens is 676 g/mol. The van der Waals surface area contributed by atoms with Gasteiger partial charge in [0, 0.05) is 32.2 Å². The highest BCUT2D eigenvalue weighted by molar-refractivity contribution is 7.90. The van der Waals surface area contributed by atoms with Gasteiger partial charge in [0.25, 0.3) is 10.1 Å². The van der Waals surface area contributed by atoms with E-state index in [1.165, 1.54) is 6.92 Å². The molecule has 0 spiro atoms. The number of carboxylic acids is 2. The number of ketones is 1. The molecule has 47 heavy (non-hydrogen) atoms. The van der Waals surface area contributed by atoms with E-state index in [1.807, 2.05) is 0 Å². The van der Waals surface area contributed by atoms with Crippen LogP contribution in [0.3, 0.4) is 0 Å². The number of hydrogen-bond acceptors (Lipinski definition) is 13. The Balaban J connectivity index is 4.12. The average molecular weight is 719 g/mol. The Hall–Kier alpha value is -3.73. The molecule has 0 aliphatic rings. The standard InChI is InChI=1S/C25H42N4O16S2/c1-17(30)6-7-18(24(35)36)27-21(32)9-8-19(25(37)38)28-23(34)16-45-13-12-44-11-10-26-20(31)4-2-14-46(39,40)29-22(33)5-3-15-47(41,42)43/h18-19H,2-16H2,1H3,(H,26,31)(H,27,32)(H,28,34)(H,29,33)(H,35,36)(H,37,38)(H,41,42,43)/t18-,19?/m1/s1. The molecule has 1 unspecified atom stereocenters. The number of Topliss-reactive ketones (excluding diaryl/α,β-unsaturated/α-hetero) is 1. The third-order valence-corrected chi connectivity index (χ3v) is 7.95. The van der Waals surface area contributed by atoms with Crippen LogP contribution in [0.15, 0.2) is 0 Å². The highest BCUT2D eigenvalue weighted by atomic mass is 32.2. The maximum Gasteiger partial charge on any atom is 0.326 e. The fourth-order valence-electron chi connectivity index (χ4n) is 3.49. The smallest absolute Gasteiger partial charge is 0.326 e. The second kappa shape index (κ2) is 22.7. The molecule has 7 N–H and O–H groups in total. The van der Waals surface area contributed by atoms with Gasteiger partial charge in [0.1, 0.15) is 24.5 Å². The van der Waals surface area contributed by atoms with Gasteiger partial charge < -0.3 is 40.4 Å². The number of carbonyl (C=O) groups excluding carboxylic acids is 5. The van der Waals surface area contributed by atoms with Crippen molar-refractivity contribution in [3.05, 3.63) is 0 Å². The Bertz CT molecular complexity index is 1300. The van der Waals surface area contributed by atoms with Gasteiger partial charge in [-0.05, 0) is 32.6 Å². The van der Waals surface area contributed by atoms with Gasteiger partial charge in [-0.2, -0.15) is 8.42 Å². The summed E-state index contributed by atoms with van der Waals surface area (Å²) in [7, 11) is -8.31. The normalized spacial score (nSPS) is 12.7. The van der Waals surface area contributed by atoms with Crippen molar-refractivity contribution < 1.29 is 74.6 Å². The molecule has 22 heteroatoms. The summed E-state index contributed by atoms with van der Waals surface area (Å²) < 4.78 is 65.6. The second-order valence-corrected chi connectivity index (χ2v) is 13.5. The quantitative estimate of drug-likeness (QED) is 0.0336. The minimum Gasteiger partial charge on any atom is -0.480 e. The van der Waals surface area contributed by atoms with Crippen molar-refractivity contribution in [1.29, 1.82) is 0 Å². The number of ether oxygens (including phenoxy) is 2. The van der Waals surface area contributed by atoms with Gasteiger partial charge >= 0.3 is 11.9 Å². The first-order chi connectivity index (χ1) is 21.8. The SMILES string of the molecule is CC(=O)CC[C@@H](NC(=O)CCC(NC(=O)COCCOCCNC(=O)CCCS(=O)(=O)NC(=O)CCCS(=O)(=O)O)C(=O)O)C(=O)O.